The normalized spacial score (nSPS) is 9.24. The van der Waals surface area contributed by atoms with Gasteiger partial charge in [-0.15, -0.1) is 0 Å². The molecule has 82 valence electrons. The van der Waals surface area contributed by atoms with Crippen molar-refractivity contribution in [1.29, 1.82) is 0 Å². The van der Waals surface area contributed by atoms with E-state index in [9.17, 15) is 4.79 Å². The maximum Gasteiger partial charge on any atom is 0.253 e. The summed E-state index contributed by atoms with van der Waals surface area (Å²) >= 11 is 5.48. The smallest absolute Gasteiger partial charge is 0.253 e. The molecule has 1 nitrogen and oxygen atoms in total. The maximum atomic E-state index is 11.2. The fourth-order valence-electron chi connectivity index (χ4n) is 1.42. The van der Waals surface area contributed by atoms with Gasteiger partial charge >= 0.3 is 0 Å². The van der Waals surface area contributed by atoms with Gasteiger partial charge in [0.25, 0.3) is 5.24 Å². The molecule has 0 radical (unpaired) electrons. The highest BCUT2D eigenvalue weighted by molar-refractivity contribution is 6.68. The number of rotatable bonds is 1. The van der Waals surface area contributed by atoms with Crippen LogP contribution in [0.5, 0.6) is 0 Å². The molecule has 2 aromatic carbocycles. The van der Waals surface area contributed by atoms with Crippen LogP contribution in [0.15, 0.2) is 54.6 Å². The summed E-state index contributed by atoms with van der Waals surface area (Å²) in [6.45, 7) is 0. The summed E-state index contributed by atoms with van der Waals surface area (Å²) < 4.78 is 0. The molecule has 2 heteroatoms. The number of hydrogen-bond donors (Lipinski definition) is 0. The molecule has 0 aromatic heterocycles. The highest BCUT2D eigenvalue weighted by atomic mass is 35.5. The summed E-state index contributed by atoms with van der Waals surface area (Å²) in [5.41, 5.74) is 2.00. The van der Waals surface area contributed by atoms with Crippen LogP contribution < -0.4 is 0 Å². The molecule has 0 bridgehead atoms. The van der Waals surface area contributed by atoms with Crippen molar-refractivity contribution in [2.75, 3.05) is 0 Å². The van der Waals surface area contributed by atoms with E-state index < -0.39 is 5.24 Å². The molecule has 0 aliphatic heterocycles. The standard InChI is InChI=1S/C15H9ClO/c16-15(17)14-9-5-4-8-13(14)11-10-12-6-2-1-3-7-12/h1-9H. The van der Waals surface area contributed by atoms with E-state index >= 15 is 0 Å². The Morgan fingerprint density at radius 2 is 1.53 bits per heavy atom. The highest BCUT2D eigenvalue weighted by Crippen LogP contribution is 2.10. The highest BCUT2D eigenvalue weighted by Gasteiger charge is 2.05. The van der Waals surface area contributed by atoms with Crippen molar-refractivity contribution in [3.63, 3.8) is 0 Å². The van der Waals surface area contributed by atoms with Gasteiger partial charge < -0.3 is 0 Å². The van der Waals surface area contributed by atoms with Gasteiger partial charge in [0.05, 0.1) is 0 Å². The molecule has 0 N–H and O–H groups in total. The molecule has 0 unspecified atom stereocenters. The summed E-state index contributed by atoms with van der Waals surface area (Å²) in [6, 6.07) is 16.7. The first-order valence-corrected chi connectivity index (χ1v) is 5.51. The van der Waals surface area contributed by atoms with Crippen LogP contribution in [-0.2, 0) is 0 Å². The van der Waals surface area contributed by atoms with Gasteiger partial charge in [-0.2, -0.15) is 0 Å². The summed E-state index contributed by atoms with van der Waals surface area (Å²) in [6.07, 6.45) is 0. The lowest BCUT2D eigenvalue weighted by Gasteiger charge is -1.96. The van der Waals surface area contributed by atoms with E-state index in [0.29, 0.717) is 11.1 Å². The first kappa shape index (κ1) is 11.4. The lowest BCUT2D eigenvalue weighted by atomic mass is 10.1. The average Bonchev–Trinajstić information content (AvgIpc) is 2.38. The minimum Gasteiger partial charge on any atom is -0.276 e. The predicted octanol–water partition coefficient (Wildman–Crippen LogP) is 3.47. The number of carbonyl (C=O) groups excluding carboxylic acids is 1. The zero-order chi connectivity index (χ0) is 12.1. The molecular weight excluding hydrogens is 232 g/mol. The fraction of sp³-hybridized carbons (Fsp3) is 0. The van der Waals surface area contributed by atoms with Crippen molar-refractivity contribution in [3.8, 4) is 11.8 Å². The van der Waals surface area contributed by atoms with Crippen LogP contribution in [0, 0.1) is 11.8 Å². The minimum absolute atomic E-state index is 0.442. The summed E-state index contributed by atoms with van der Waals surface area (Å²) in [5, 5.41) is -0.483. The quantitative estimate of drug-likeness (QED) is 0.551. The topological polar surface area (TPSA) is 17.1 Å². The summed E-state index contributed by atoms with van der Waals surface area (Å²) in [5.74, 6) is 5.95. The van der Waals surface area contributed by atoms with Gasteiger partial charge in [-0.1, -0.05) is 42.2 Å². The van der Waals surface area contributed by atoms with Gasteiger partial charge in [-0.3, -0.25) is 4.79 Å². The summed E-state index contributed by atoms with van der Waals surface area (Å²) in [4.78, 5) is 11.2. The van der Waals surface area contributed by atoms with Crippen LogP contribution in [0.25, 0.3) is 0 Å². The first-order valence-electron chi connectivity index (χ1n) is 5.13. The largest absolute Gasteiger partial charge is 0.276 e. The lowest BCUT2D eigenvalue weighted by molar-refractivity contribution is 0.108. The van der Waals surface area contributed by atoms with E-state index in [1.165, 1.54) is 0 Å². The second-order valence-corrected chi connectivity index (χ2v) is 3.78. The third-order valence-corrected chi connectivity index (χ3v) is 2.46. The van der Waals surface area contributed by atoms with Crippen LogP contribution in [-0.4, -0.2) is 5.24 Å². The Kier molecular flexibility index (Phi) is 3.59. The Morgan fingerprint density at radius 3 is 2.24 bits per heavy atom. The van der Waals surface area contributed by atoms with Crippen molar-refractivity contribution < 1.29 is 4.79 Å². The van der Waals surface area contributed by atoms with E-state index in [1.807, 2.05) is 36.4 Å². The van der Waals surface area contributed by atoms with Crippen molar-refractivity contribution in [2.24, 2.45) is 0 Å². The molecule has 0 amide bonds. The Labute approximate surface area is 105 Å². The van der Waals surface area contributed by atoms with Crippen LogP contribution in [0.3, 0.4) is 0 Å². The molecule has 2 aromatic rings. The molecule has 2 rings (SSSR count). The molecule has 0 saturated heterocycles. The van der Waals surface area contributed by atoms with Gasteiger partial charge in [-0.05, 0) is 35.9 Å². The van der Waals surface area contributed by atoms with E-state index in [-0.39, 0.29) is 0 Å². The number of halogens is 1. The first-order chi connectivity index (χ1) is 8.27. The third-order valence-electron chi connectivity index (χ3n) is 2.25. The van der Waals surface area contributed by atoms with Gasteiger partial charge in [0, 0.05) is 16.7 Å². The van der Waals surface area contributed by atoms with E-state index in [2.05, 4.69) is 11.8 Å². The molecule has 0 aliphatic carbocycles. The van der Waals surface area contributed by atoms with Gasteiger partial charge in [0.1, 0.15) is 0 Å². The van der Waals surface area contributed by atoms with Crippen molar-refractivity contribution in [1.82, 2.24) is 0 Å². The van der Waals surface area contributed by atoms with Crippen molar-refractivity contribution in [3.05, 3.63) is 71.3 Å². The zero-order valence-corrected chi connectivity index (χ0v) is 9.74. The molecule has 0 saturated carbocycles. The Bertz CT molecular complexity index is 591. The second-order valence-electron chi connectivity index (χ2n) is 3.44. The molecular formula is C15H9ClO. The molecule has 0 atom stereocenters. The predicted molar refractivity (Wildman–Crippen MR) is 69.0 cm³/mol. The van der Waals surface area contributed by atoms with Gasteiger partial charge in [0.15, 0.2) is 0 Å². The second kappa shape index (κ2) is 5.34. The van der Waals surface area contributed by atoms with Gasteiger partial charge in [-0.25, -0.2) is 0 Å². The average molecular weight is 241 g/mol. The van der Waals surface area contributed by atoms with E-state index in [4.69, 9.17) is 11.6 Å². The van der Waals surface area contributed by atoms with Crippen LogP contribution >= 0.6 is 11.6 Å². The SMILES string of the molecule is O=C(Cl)c1ccccc1C#Cc1ccccc1. The zero-order valence-electron chi connectivity index (χ0n) is 8.98. The number of hydrogen-bond acceptors (Lipinski definition) is 1. The van der Waals surface area contributed by atoms with Crippen LogP contribution in [0.2, 0.25) is 0 Å². The molecule has 0 fully saturated rings. The maximum absolute atomic E-state index is 11.2. The lowest BCUT2D eigenvalue weighted by Crippen LogP contribution is -1.92. The van der Waals surface area contributed by atoms with Crippen molar-refractivity contribution in [2.45, 2.75) is 0 Å². The number of carbonyl (C=O) groups is 1. The van der Waals surface area contributed by atoms with Crippen LogP contribution in [0.1, 0.15) is 21.5 Å². The Hall–Kier alpha value is -2.04. The van der Waals surface area contributed by atoms with Crippen molar-refractivity contribution >= 4 is 16.8 Å². The fourth-order valence-corrected chi connectivity index (χ4v) is 1.59. The molecule has 17 heavy (non-hydrogen) atoms. The monoisotopic (exact) mass is 240 g/mol. The molecule has 0 spiro atoms. The Balaban J connectivity index is 2.38. The molecule has 0 heterocycles. The molecule has 0 aliphatic rings. The minimum atomic E-state index is -0.483. The number of benzene rings is 2. The van der Waals surface area contributed by atoms with Crippen LogP contribution in [0.4, 0.5) is 0 Å². The summed E-state index contributed by atoms with van der Waals surface area (Å²) in [7, 11) is 0. The third kappa shape index (κ3) is 2.96. The van der Waals surface area contributed by atoms with Gasteiger partial charge in [0.2, 0.25) is 0 Å². The van der Waals surface area contributed by atoms with E-state index in [1.54, 1.807) is 18.2 Å². The van der Waals surface area contributed by atoms with E-state index in [0.717, 1.165) is 5.56 Å². The Morgan fingerprint density at radius 1 is 0.882 bits per heavy atom.